The molecule has 0 aromatic carbocycles. The molecule has 1 fully saturated rings. The fourth-order valence-electron chi connectivity index (χ4n) is 2.55. The fraction of sp³-hybridized carbons (Fsp3) is 0.545. The van der Waals surface area contributed by atoms with Crippen molar-refractivity contribution in [2.45, 2.75) is 25.4 Å². The lowest BCUT2D eigenvalue weighted by Gasteiger charge is -2.20. The Bertz CT molecular complexity index is 761. The van der Waals surface area contributed by atoms with Crippen molar-refractivity contribution in [1.29, 1.82) is 0 Å². The highest BCUT2D eigenvalue weighted by Crippen LogP contribution is 2.41. The van der Waals surface area contributed by atoms with Crippen LogP contribution in [0.5, 0.6) is 0 Å². The summed E-state index contributed by atoms with van der Waals surface area (Å²) in [6.07, 6.45) is 0.830. The highest BCUT2D eigenvalue weighted by atomic mass is 32.3. The number of nitrogens with zero attached hydrogens (tertiary/aromatic N) is 3. The molecule has 1 atom stereocenters. The van der Waals surface area contributed by atoms with Crippen molar-refractivity contribution in [1.82, 2.24) is 14.9 Å². The van der Waals surface area contributed by atoms with Crippen molar-refractivity contribution in [3.05, 3.63) is 15.6 Å². The van der Waals surface area contributed by atoms with Crippen LogP contribution >= 0.6 is 11.3 Å². The van der Waals surface area contributed by atoms with Crippen LogP contribution < -0.4 is 5.73 Å². The second-order valence-corrected chi connectivity index (χ2v) is 7.19. The molecule has 126 valence electrons. The van der Waals surface area contributed by atoms with Gasteiger partial charge in [-0.1, -0.05) is 0 Å². The minimum atomic E-state index is -4.82. The molecule has 23 heavy (non-hydrogen) atoms. The van der Waals surface area contributed by atoms with E-state index in [9.17, 15) is 18.0 Å². The molecule has 12 heteroatoms. The molecule has 0 radical (unpaired) electrons. The molecule has 3 heterocycles. The molecule has 10 nitrogen and oxygen atoms in total. The molecule has 0 aliphatic carbocycles. The molecular weight excluding hydrogens is 348 g/mol. The molecule has 1 unspecified atom stereocenters. The molecule has 2 aliphatic rings. The summed E-state index contributed by atoms with van der Waals surface area (Å²) in [7, 11) is -4.82. The average Bonchev–Trinajstić information content (AvgIpc) is 3.00. The molecule has 1 aromatic rings. The van der Waals surface area contributed by atoms with E-state index in [0.717, 1.165) is 11.3 Å². The SMILES string of the molecule is NCCCC(=O)c1nc2c(s1)C1CN(C2)C(=O)N1OS(=O)(=O)O. The van der Waals surface area contributed by atoms with Gasteiger partial charge in [-0.05, 0) is 13.0 Å². The van der Waals surface area contributed by atoms with Gasteiger partial charge < -0.3 is 10.6 Å². The van der Waals surface area contributed by atoms with Crippen LogP contribution in [0.1, 0.15) is 39.3 Å². The Hall–Kier alpha value is -1.60. The number of fused-ring (bicyclic) bond motifs is 4. The molecule has 3 rings (SSSR count). The first kappa shape index (κ1) is 16.3. The maximum Gasteiger partial charge on any atom is 0.418 e. The highest BCUT2D eigenvalue weighted by molar-refractivity contribution is 7.80. The van der Waals surface area contributed by atoms with Gasteiger partial charge in [-0.15, -0.1) is 15.6 Å². The van der Waals surface area contributed by atoms with E-state index < -0.39 is 22.5 Å². The predicted molar refractivity (Wildman–Crippen MR) is 77.8 cm³/mol. The summed E-state index contributed by atoms with van der Waals surface area (Å²) in [5.74, 6) is -0.144. The number of Topliss-reactive ketones (excluding diaryl/α,β-unsaturated/α-hetero) is 1. The van der Waals surface area contributed by atoms with Gasteiger partial charge >= 0.3 is 16.4 Å². The number of carbonyl (C=O) groups excluding carboxylic acids is 2. The number of rotatable bonds is 6. The average molecular weight is 362 g/mol. The number of nitrogens with two attached hydrogens (primary N) is 1. The predicted octanol–water partition coefficient (Wildman–Crippen LogP) is 0.0914. The molecule has 3 N–H and O–H groups in total. The van der Waals surface area contributed by atoms with Crippen LogP contribution in [0.15, 0.2) is 0 Å². The summed E-state index contributed by atoms with van der Waals surface area (Å²) in [5, 5.41) is 0.907. The van der Waals surface area contributed by atoms with E-state index in [-0.39, 0.29) is 25.3 Å². The lowest BCUT2D eigenvalue weighted by Crippen LogP contribution is -2.32. The minimum Gasteiger partial charge on any atom is -0.330 e. The van der Waals surface area contributed by atoms with Crippen LogP contribution in [-0.4, -0.2) is 52.8 Å². The number of hydrogen-bond donors (Lipinski definition) is 2. The smallest absolute Gasteiger partial charge is 0.330 e. The zero-order valence-corrected chi connectivity index (χ0v) is 13.5. The monoisotopic (exact) mass is 362 g/mol. The maximum absolute atomic E-state index is 12.0. The molecule has 1 saturated heterocycles. The lowest BCUT2D eigenvalue weighted by molar-refractivity contribution is -0.0307. The van der Waals surface area contributed by atoms with Crippen molar-refractivity contribution in [3.8, 4) is 0 Å². The van der Waals surface area contributed by atoms with E-state index in [1.165, 1.54) is 4.90 Å². The summed E-state index contributed by atoms with van der Waals surface area (Å²) < 4.78 is 35.0. The third kappa shape index (κ3) is 3.07. The third-order valence-corrected chi connectivity index (χ3v) is 5.12. The first-order chi connectivity index (χ1) is 10.8. The standard InChI is InChI=1S/C11H14N4O6S2/c12-3-1-2-8(16)10-13-6-4-14-5-7(9(6)22-10)15(11(14)17)21-23(18,19)20/h7H,1-5,12H2,(H,18,19,20). The second kappa shape index (κ2) is 5.79. The zero-order chi connectivity index (χ0) is 16.8. The van der Waals surface area contributed by atoms with Crippen molar-refractivity contribution in [3.63, 3.8) is 0 Å². The van der Waals surface area contributed by atoms with Gasteiger partial charge in [-0.3, -0.25) is 9.35 Å². The molecule has 2 bridgehead atoms. The van der Waals surface area contributed by atoms with Gasteiger partial charge in [0, 0.05) is 6.42 Å². The summed E-state index contributed by atoms with van der Waals surface area (Å²) >= 11 is 1.11. The third-order valence-electron chi connectivity index (χ3n) is 3.53. The summed E-state index contributed by atoms with van der Waals surface area (Å²) in [4.78, 5) is 30.3. The van der Waals surface area contributed by atoms with Crippen LogP contribution in [0.2, 0.25) is 0 Å². The Morgan fingerprint density at radius 1 is 1.52 bits per heavy atom. The topological polar surface area (TPSA) is 143 Å². The number of hydroxylamine groups is 2. The summed E-state index contributed by atoms with van der Waals surface area (Å²) in [5.41, 5.74) is 5.92. The normalized spacial score (nSPS) is 20.1. The second-order valence-electron chi connectivity index (χ2n) is 5.15. The molecule has 1 aromatic heterocycles. The zero-order valence-electron chi connectivity index (χ0n) is 11.8. The van der Waals surface area contributed by atoms with Crippen LogP contribution in [0.4, 0.5) is 4.79 Å². The van der Waals surface area contributed by atoms with Gasteiger partial charge in [0.05, 0.1) is 23.7 Å². The first-order valence-corrected chi connectivity index (χ1v) is 8.96. The summed E-state index contributed by atoms with van der Waals surface area (Å²) in [6, 6.07) is -1.39. The molecule has 2 aliphatic heterocycles. The van der Waals surface area contributed by atoms with E-state index >= 15 is 0 Å². The Kier molecular flexibility index (Phi) is 4.10. The van der Waals surface area contributed by atoms with Crippen LogP contribution in [-0.2, 0) is 21.2 Å². The quantitative estimate of drug-likeness (QED) is 0.535. The Balaban J connectivity index is 1.88. The largest absolute Gasteiger partial charge is 0.418 e. The van der Waals surface area contributed by atoms with E-state index in [4.69, 9.17) is 10.3 Å². The first-order valence-electron chi connectivity index (χ1n) is 6.78. The van der Waals surface area contributed by atoms with Crippen LogP contribution in [0.25, 0.3) is 0 Å². The van der Waals surface area contributed by atoms with Crippen molar-refractivity contribution >= 4 is 33.6 Å². The maximum atomic E-state index is 12.0. The molecule has 0 spiro atoms. The van der Waals surface area contributed by atoms with E-state index in [0.29, 0.717) is 33.6 Å². The number of carbonyl (C=O) groups is 2. The van der Waals surface area contributed by atoms with E-state index in [2.05, 4.69) is 9.27 Å². The van der Waals surface area contributed by atoms with E-state index in [1.54, 1.807) is 0 Å². The van der Waals surface area contributed by atoms with Gasteiger partial charge in [-0.25, -0.2) is 9.78 Å². The summed E-state index contributed by atoms with van der Waals surface area (Å²) in [6.45, 7) is 0.772. The van der Waals surface area contributed by atoms with Crippen molar-refractivity contribution in [2.24, 2.45) is 5.73 Å². The fourth-order valence-corrected chi connectivity index (χ4v) is 4.03. The molecule has 0 saturated carbocycles. The van der Waals surface area contributed by atoms with Gasteiger partial charge in [-0.2, -0.15) is 13.5 Å². The van der Waals surface area contributed by atoms with Crippen molar-refractivity contribution < 1.29 is 26.8 Å². The molecule has 2 amide bonds. The Morgan fingerprint density at radius 3 is 2.91 bits per heavy atom. The number of hydrogen-bond acceptors (Lipinski definition) is 8. The number of ketones is 1. The highest BCUT2D eigenvalue weighted by Gasteiger charge is 2.47. The number of amides is 2. The van der Waals surface area contributed by atoms with Crippen LogP contribution in [0, 0.1) is 0 Å². The van der Waals surface area contributed by atoms with Crippen molar-refractivity contribution in [2.75, 3.05) is 13.1 Å². The number of thiazole rings is 1. The van der Waals surface area contributed by atoms with Crippen LogP contribution in [0.3, 0.4) is 0 Å². The molecular formula is C11H14N4O6S2. The Labute approximate surface area is 135 Å². The number of urea groups is 1. The number of aromatic nitrogens is 1. The Morgan fingerprint density at radius 2 is 2.26 bits per heavy atom. The van der Waals surface area contributed by atoms with E-state index in [1.807, 2.05) is 0 Å². The van der Waals surface area contributed by atoms with Gasteiger partial charge in [0.2, 0.25) is 0 Å². The van der Waals surface area contributed by atoms with Gasteiger partial charge in [0.25, 0.3) is 0 Å². The minimum absolute atomic E-state index is 0.144. The van der Waals surface area contributed by atoms with Gasteiger partial charge in [0.15, 0.2) is 10.8 Å². The lowest BCUT2D eigenvalue weighted by atomic mass is 10.1. The van der Waals surface area contributed by atoms with Gasteiger partial charge in [0.1, 0.15) is 6.04 Å².